The molecule has 0 fully saturated rings. The summed E-state index contributed by atoms with van der Waals surface area (Å²) in [6.45, 7) is 3.79. The molecule has 0 amide bonds. The van der Waals surface area contributed by atoms with Crippen molar-refractivity contribution in [3.05, 3.63) is 30.1 Å². The van der Waals surface area contributed by atoms with Crippen LogP contribution in [0.2, 0.25) is 0 Å². The van der Waals surface area contributed by atoms with E-state index in [4.69, 9.17) is 24.6 Å². The van der Waals surface area contributed by atoms with Crippen molar-refractivity contribution in [1.82, 2.24) is 14.5 Å². The van der Waals surface area contributed by atoms with E-state index in [1.807, 2.05) is 19.1 Å². The lowest BCUT2D eigenvalue weighted by molar-refractivity contribution is 0.309. The minimum absolute atomic E-state index is 0.0471. The Bertz CT molecular complexity index is 1180. The lowest BCUT2D eigenvalue weighted by Crippen LogP contribution is -2.01. The van der Waals surface area contributed by atoms with Gasteiger partial charge in [-0.3, -0.25) is 0 Å². The first kappa shape index (κ1) is 15.9. The molecule has 8 heteroatoms. The van der Waals surface area contributed by atoms with Crippen molar-refractivity contribution in [2.24, 2.45) is 0 Å². The number of fused-ring (bicyclic) bond motifs is 1. The molecule has 5 rings (SSSR count). The van der Waals surface area contributed by atoms with E-state index in [0.29, 0.717) is 42.4 Å². The Morgan fingerprint density at radius 2 is 2.11 bits per heavy atom. The van der Waals surface area contributed by atoms with E-state index < -0.39 is 5.82 Å². The fourth-order valence-electron chi connectivity index (χ4n) is 3.55. The van der Waals surface area contributed by atoms with Gasteiger partial charge in [0.25, 0.3) is 6.01 Å². The number of benzene rings is 2. The van der Waals surface area contributed by atoms with Crippen LogP contribution in [0, 0.1) is 5.82 Å². The van der Waals surface area contributed by atoms with Crippen LogP contribution in [-0.2, 0) is 6.54 Å². The smallest absolute Gasteiger partial charge is 0.293 e. The third-order valence-electron chi connectivity index (χ3n) is 4.59. The van der Waals surface area contributed by atoms with E-state index in [1.165, 1.54) is 6.07 Å². The van der Waals surface area contributed by atoms with Gasteiger partial charge in [0, 0.05) is 24.2 Å². The first-order chi connectivity index (χ1) is 13.1. The molecule has 0 radical (unpaired) electrons. The zero-order chi connectivity index (χ0) is 18.5. The molecule has 138 valence electrons. The van der Waals surface area contributed by atoms with Gasteiger partial charge >= 0.3 is 0 Å². The molecule has 1 aliphatic rings. The van der Waals surface area contributed by atoms with Gasteiger partial charge in [-0.05, 0) is 25.5 Å². The molecule has 2 aromatic carbocycles. The third-order valence-corrected chi connectivity index (χ3v) is 4.59. The number of nitrogens with zero attached hydrogens (tertiary/aromatic N) is 3. The van der Waals surface area contributed by atoms with E-state index in [1.54, 1.807) is 6.07 Å². The van der Waals surface area contributed by atoms with Gasteiger partial charge in [-0.15, -0.1) is 0 Å². The fourth-order valence-corrected chi connectivity index (χ4v) is 3.55. The van der Waals surface area contributed by atoms with Crippen LogP contribution in [0.25, 0.3) is 33.5 Å². The number of hydrogen-bond donors (Lipinski definition) is 1. The molecule has 7 nitrogen and oxygen atoms in total. The van der Waals surface area contributed by atoms with Crippen molar-refractivity contribution < 1.29 is 18.3 Å². The molecule has 0 spiro atoms. The predicted molar refractivity (Wildman–Crippen MR) is 98.4 cm³/mol. The molecular formula is C19H17FN4O3. The van der Waals surface area contributed by atoms with Gasteiger partial charge in [0.15, 0.2) is 11.4 Å². The lowest BCUT2D eigenvalue weighted by atomic mass is 10.2. The van der Waals surface area contributed by atoms with Crippen molar-refractivity contribution in [2.75, 3.05) is 18.9 Å². The molecule has 0 aliphatic carbocycles. The Labute approximate surface area is 153 Å². The van der Waals surface area contributed by atoms with E-state index in [0.717, 1.165) is 23.2 Å². The van der Waals surface area contributed by atoms with Gasteiger partial charge in [-0.25, -0.2) is 9.37 Å². The molecule has 1 aliphatic heterocycles. The predicted octanol–water partition coefficient (Wildman–Crippen LogP) is 3.75. The van der Waals surface area contributed by atoms with Crippen molar-refractivity contribution in [3.63, 3.8) is 0 Å². The Hall–Kier alpha value is -3.29. The molecule has 0 unspecified atom stereocenters. The zero-order valence-electron chi connectivity index (χ0n) is 14.7. The number of oxazole rings is 1. The van der Waals surface area contributed by atoms with Crippen LogP contribution in [0.4, 0.5) is 10.4 Å². The molecule has 0 bridgehead atoms. The molecule has 0 saturated carbocycles. The maximum Gasteiger partial charge on any atom is 0.293 e. The number of aryl methyl sites for hydroxylation is 1. The quantitative estimate of drug-likeness (QED) is 0.592. The topological polar surface area (TPSA) is 88.3 Å². The summed E-state index contributed by atoms with van der Waals surface area (Å²) in [5, 5.41) is 0. The number of anilines is 1. The normalized spacial score (nSPS) is 13.7. The summed E-state index contributed by atoms with van der Waals surface area (Å²) >= 11 is 0. The Morgan fingerprint density at radius 3 is 2.96 bits per heavy atom. The van der Waals surface area contributed by atoms with E-state index >= 15 is 0 Å². The number of ether oxygens (including phenoxy) is 2. The first-order valence-electron chi connectivity index (χ1n) is 8.80. The van der Waals surface area contributed by atoms with Gasteiger partial charge in [0.05, 0.1) is 18.7 Å². The highest BCUT2D eigenvalue weighted by molar-refractivity contribution is 5.89. The number of hydrogen-bond acceptors (Lipinski definition) is 6. The van der Waals surface area contributed by atoms with E-state index in [-0.39, 0.29) is 11.6 Å². The maximum atomic E-state index is 14.5. The van der Waals surface area contributed by atoms with Crippen LogP contribution >= 0.6 is 0 Å². The highest BCUT2D eigenvalue weighted by atomic mass is 19.1. The second-order valence-electron chi connectivity index (χ2n) is 6.37. The van der Waals surface area contributed by atoms with Crippen LogP contribution in [0.15, 0.2) is 28.7 Å². The number of halogens is 1. The summed E-state index contributed by atoms with van der Waals surface area (Å²) in [5.74, 6) is 1.54. The summed E-state index contributed by atoms with van der Waals surface area (Å²) in [7, 11) is 0. The van der Waals surface area contributed by atoms with Crippen molar-refractivity contribution >= 4 is 28.1 Å². The molecule has 0 saturated heterocycles. The highest BCUT2D eigenvalue weighted by Gasteiger charge is 2.22. The summed E-state index contributed by atoms with van der Waals surface area (Å²) in [6.07, 6.45) is 0.818. The SMILES string of the molecule is CCOc1cc2c3c(c1)nc(-c1cc(F)c4oc(N)nc4c1)n3CCCO2. The monoisotopic (exact) mass is 368 g/mol. The summed E-state index contributed by atoms with van der Waals surface area (Å²) in [4.78, 5) is 8.79. The van der Waals surface area contributed by atoms with Crippen LogP contribution in [-0.4, -0.2) is 27.7 Å². The number of nitrogens with two attached hydrogens (primary N) is 1. The summed E-state index contributed by atoms with van der Waals surface area (Å²) < 4.78 is 33.2. The molecule has 2 aromatic heterocycles. The largest absolute Gasteiger partial charge is 0.494 e. The number of rotatable bonds is 3. The van der Waals surface area contributed by atoms with Crippen molar-refractivity contribution in [2.45, 2.75) is 19.9 Å². The Morgan fingerprint density at radius 1 is 1.22 bits per heavy atom. The van der Waals surface area contributed by atoms with E-state index in [2.05, 4.69) is 9.55 Å². The standard InChI is InChI=1S/C19H17FN4O3/c1-2-25-11-8-13-16-15(9-11)26-5-3-4-24(16)18(22-13)10-6-12(20)17-14(7-10)23-19(21)27-17/h6-9H,2-5H2,1H3,(H2,21,23). The molecule has 0 atom stereocenters. The highest BCUT2D eigenvalue weighted by Crippen LogP contribution is 2.37. The molecule has 4 aromatic rings. The second kappa shape index (κ2) is 5.87. The van der Waals surface area contributed by atoms with Crippen LogP contribution < -0.4 is 15.2 Å². The zero-order valence-corrected chi connectivity index (χ0v) is 14.7. The van der Waals surface area contributed by atoms with Crippen LogP contribution in [0.3, 0.4) is 0 Å². The van der Waals surface area contributed by atoms with Gasteiger partial charge in [-0.2, -0.15) is 4.98 Å². The van der Waals surface area contributed by atoms with Crippen LogP contribution in [0.1, 0.15) is 13.3 Å². The number of imidazole rings is 1. The van der Waals surface area contributed by atoms with Gasteiger partial charge in [-0.1, -0.05) is 0 Å². The van der Waals surface area contributed by atoms with Crippen molar-refractivity contribution in [1.29, 1.82) is 0 Å². The van der Waals surface area contributed by atoms with Crippen LogP contribution in [0.5, 0.6) is 11.5 Å². The average molecular weight is 368 g/mol. The number of aromatic nitrogens is 3. The number of nitrogen functional groups attached to an aromatic ring is 1. The molecule has 27 heavy (non-hydrogen) atoms. The van der Waals surface area contributed by atoms with Gasteiger partial charge in [0.2, 0.25) is 0 Å². The first-order valence-corrected chi connectivity index (χ1v) is 8.80. The maximum absolute atomic E-state index is 14.5. The van der Waals surface area contributed by atoms with Gasteiger partial charge in [0.1, 0.15) is 28.4 Å². The Balaban J connectivity index is 1.77. The summed E-state index contributed by atoms with van der Waals surface area (Å²) in [5.41, 5.74) is 8.21. The minimum atomic E-state index is -0.522. The third kappa shape index (κ3) is 2.48. The Kier molecular flexibility index (Phi) is 3.46. The van der Waals surface area contributed by atoms with E-state index in [9.17, 15) is 4.39 Å². The molecular weight excluding hydrogens is 351 g/mol. The lowest BCUT2D eigenvalue weighted by Gasteiger charge is -2.08. The average Bonchev–Trinajstić information content (AvgIpc) is 3.11. The second-order valence-corrected chi connectivity index (χ2v) is 6.37. The molecule has 3 heterocycles. The van der Waals surface area contributed by atoms with Gasteiger partial charge < -0.3 is 24.2 Å². The minimum Gasteiger partial charge on any atom is -0.494 e. The summed E-state index contributed by atoms with van der Waals surface area (Å²) in [6, 6.07) is 6.82. The van der Waals surface area contributed by atoms with Crippen molar-refractivity contribution in [3.8, 4) is 22.9 Å². The fraction of sp³-hybridized carbons (Fsp3) is 0.263. The molecule has 2 N–H and O–H groups in total.